The van der Waals surface area contributed by atoms with Crippen molar-refractivity contribution in [3.8, 4) is 85.0 Å². The molecule has 8 heteroatoms. The molecule has 8 nitrogen and oxygen atoms in total. The number of hydrogen-bond donors (Lipinski definition) is 0. The molecule has 90 heavy (non-hydrogen) atoms. The van der Waals surface area contributed by atoms with Crippen LogP contribution in [0, 0.1) is 24.5 Å². The molecule has 3 aromatic heterocycles. The highest BCUT2D eigenvalue weighted by Crippen LogP contribution is 2.45. The van der Waals surface area contributed by atoms with E-state index >= 15 is 0 Å². The zero-order valence-electron chi connectivity index (χ0n) is 53.2. The quantitative estimate of drug-likeness (QED) is 0.142. The molecule has 0 radical (unpaired) electrons. The van der Waals surface area contributed by atoms with Gasteiger partial charge in [-0.2, -0.15) is 5.26 Å². The average Bonchev–Trinajstić information content (AvgIpc) is 1.56. The monoisotopic (exact) mass is 1170 g/mol. The molecule has 0 saturated heterocycles. The third kappa shape index (κ3) is 10.7. The van der Waals surface area contributed by atoms with Crippen molar-refractivity contribution in [2.75, 3.05) is 0 Å². The summed E-state index contributed by atoms with van der Waals surface area (Å²) in [6, 6.07) is 74.4. The minimum atomic E-state index is -0.110. The van der Waals surface area contributed by atoms with Crippen LogP contribution in [-0.2, 0) is 21.7 Å². The third-order valence-corrected chi connectivity index (χ3v) is 17.7. The third-order valence-electron chi connectivity index (χ3n) is 17.7. The highest BCUT2D eigenvalue weighted by atomic mass is 15.1. The molecule has 3 heterocycles. The number of nitriles is 1. The Labute approximate surface area is 528 Å². The fourth-order valence-electron chi connectivity index (χ4n) is 12.4. The van der Waals surface area contributed by atoms with Gasteiger partial charge in [-0.1, -0.05) is 186 Å². The Bertz CT molecular complexity index is 4780. The highest BCUT2D eigenvalue weighted by molar-refractivity contribution is 6.12. The maximum atomic E-state index is 9.75. The lowest BCUT2D eigenvalue weighted by Crippen LogP contribution is -2.10. The first-order chi connectivity index (χ1) is 42.9. The summed E-state index contributed by atoms with van der Waals surface area (Å²) in [6.45, 7) is 43.2. The number of aromatic nitrogens is 5. The largest absolute Gasteiger partial charge is 0.308 e. The van der Waals surface area contributed by atoms with E-state index in [2.05, 4.69) is 248 Å². The van der Waals surface area contributed by atoms with Gasteiger partial charge in [-0.3, -0.25) is 0 Å². The Morgan fingerprint density at radius 1 is 0.333 bits per heavy atom. The van der Waals surface area contributed by atoms with E-state index in [1.54, 1.807) is 0 Å². The Balaban J connectivity index is 1.15. The second-order valence-electron chi connectivity index (χ2n) is 28.0. The topological polar surface area (TPSA) is 81.0 Å². The SMILES string of the molecule is [C-]#[N+]c1cccc(-c2ccc(-c3nc(-c4cccc(-c5ccc(C#N)cc5)c4)nc(-c4ccc(-c5cccc([N+]#[C-])c5)cc4-n4c5ccc(C(C)(C)C)cc5c5cc(C(C)(C)C)ccc54)n3)c(-n3c4ccc(C(C)(C)C)cc4c4cc(C(C)(C)C)ccc43)c2)c1. The van der Waals surface area contributed by atoms with Gasteiger partial charge < -0.3 is 9.13 Å². The van der Waals surface area contributed by atoms with E-state index in [1.807, 2.05) is 66.7 Å². The molecule has 438 valence electrons. The van der Waals surface area contributed by atoms with Gasteiger partial charge in [0.25, 0.3) is 0 Å². The van der Waals surface area contributed by atoms with E-state index in [-0.39, 0.29) is 21.7 Å². The van der Waals surface area contributed by atoms with Gasteiger partial charge in [0.1, 0.15) is 0 Å². The van der Waals surface area contributed by atoms with E-state index in [0.717, 1.165) is 105 Å². The molecule has 13 aromatic rings. The van der Waals surface area contributed by atoms with E-state index in [0.29, 0.717) is 34.4 Å². The molecule has 0 fully saturated rings. The van der Waals surface area contributed by atoms with Crippen LogP contribution in [0.5, 0.6) is 0 Å². The van der Waals surface area contributed by atoms with Crippen LogP contribution in [0.2, 0.25) is 0 Å². The normalized spacial score (nSPS) is 12.2. The number of fused-ring (bicyclic) bond motifs is 6. The first kappa shape index (κ1) is 58.3. The van der Waals surface area contributed by atoms with E-state index in [9.17, 15) is 5.26 Å². The molecule has 13 rings (SSSR count). The number of hydrogen-bond acceptors (Lipinski definition) is 4. The van der Waals surface area contributed by atoms with E-state index in [4.69, 9.17) is 28.1 Å². The minimum Gasteiger partial charge on any atom is -0.308 e. The summed E-state index contributed by atoms with van der Waals surface area (Å²) in [6.07, 6.45) is 0. The summed E-state index contributed by atoms with van der Waals surface area (Å²) >= 11 is 0. The smallest absolute Gasteiger partial charge is 0.187 e. The summed E-state index contributed by atoms with van der Waals surface area (Å²) in [5, 5.41) is 14.3. The van der Waals surface area contributed by atoms with Crippen LogP contribution < -0.4 is 0 Å². The second-order valence-corrected chi connectivity index (χ2v) is 28.0. The standard InChI is InChI=1S/C82H70N8/c1-79(2,3)58-30-36-70-66(45-58)67-46-59(80(4,5)6)31-37-71(67)89(70)74-43-55(53-19-16-22-62(41-53)84-13)28-34-64(74)77-86-76(57-21-15-18-52(40-57)51-26-24-50(49-83)25-27-51)87-78(88-77)65-35-29-56(54-20-17-23-63(42-54)85-14)44-75(65)90-72-38-32-60(81(7,8)9)47-68(72)69-48-61(82(10,11)12)33-39-73(69)90/h15-48H,1-12H3. The predicted molar refractivity (Wildman–Crippen MR) is 373 cm³/mol. The van der Waals surface area contributed by atoms with Crippen LogP contribution in [-0.4, -0.2) is 24.1 Å². The lowest BCUT2D eigenvalue weighted by atomic mass is 9.85. The van der Waals surface area contributed by atoms with Crippen molar-refractivity contribution in [1.29, 1.82) is 5.26 Å². The predicted octanol–water partition coefficient (Wildman–Crippen LogP) is 22.2. The van der Waals surface area contributed by atoms with Gasteiger partial charge in [0.2, 0.25) is 0 Å². The Morgan fingerprint density at radius 3 is 1.01 bits per heavy atom. The maximum absolute atomic E-state index is 9.75. The summed E-state index contributed by atoms with van der Waals surface area (Å²) in [7, 11) is 0. The Morgan fingerprint density at radius 2 is 0.656 bits per heavy atom. The van der Waals surface area contributed by atoms with Crippen molar-refractivity contribution in [2.24, 2.45) is 0 Å². The number of benzene rings is 10. The summed E-state index contributed by atoms with van der Waals surface area (Å²) in [5.74, 6) is 1.41. The second kappa shape index (κ2) is 21.8. The van der Waals surface area contributed by atoms with Gasteiger partial charge in [0, 0.05) is 38.2 Å². The molecule has 0 spiro atoms. The molecule has 0 bridgehead atoms. The zero-order chi connectivity index (χ0) is 63.2. The highest BCUT2D eigenvalue weighted by Gasteiger charge is 2.28. The van der Waals surface area contributed by atoms with Gasteiger partial charge in [-0.25, -0.2) is 24.6 Å². The van der Waals surface area contributed by atoms with Gasteiger partial charge >= 0.3 is 0 Å². The van der Waals surface area contributed by atoms with Crippen LogP contribution in [0.25, 0.3) is 132 Å². The van der Waals surface area contributed by atoms with Gasteiger partial charge in [-0.05, 0) is 180 Å². The molecule has 10 aromatic carbocycles. The molecule has 0 amide bonds. The maximum Gasteiger partial charge on any atom is 0.187 e. The summed E-state index contributed by atoms with van der Waals surface area (Å²) in [4.78, 5) is 24.7. The molecule has 0 aliphatic rings. The van der Waals surface area contributed by atoms with Gasteiger partial charge in [0.05, 0.1) is 58.2 Å². The van der Waals surface area contributed by atoms with Crippen LogP contribution in [0.1, 0.15) is 111 Å². The molecule has 0 saturated carbocycles. The van der Waals surface area contributed by atoms with Crippen LogP contribution >= 0.6 is 0 Å². The van der Waals surface area contributed by atoms with Crippen molar-refractivity contribution >= 4 is 55.0 Å². The van der Waals surface area contributed by atoms with Gasteiger partial charge in [-0.15, -0.1) is 0 Å². The number of rotatable bonds is 8. The van der Waals surface area contributed by atoms with Crippen LogP contribution in [0.3, 0.4) is 0 Å². The Hall–Kier alpha value is -10.7. The molecule has 0 N–H and O–H groups in total. The molecule has 0 atom stereocenters. The average molecular weight is 1170 g/mol. The molecular weight excluding hydrogens is 1100 g/mol. The zero-order valence-corrected chi connectivity index (χ0v) is 53.2. The molecular formula is C82H70N8. The molecule has 0 aliphatic carbocycles. The Kier molecular flexibility index (Phi) is 14.2. The van der Waals surface area contributed by atoms with Crippen LogP contribution in [0.4, 0.5) is 11.4 Å². The lowest BCUT2D eigenvalue weighted by molar-refractivity contribution is 0.590. The minimum absolute atomic E-state index is 0.110. The van der Waals surface area contributed by atoms with Crippen molar-refractivity contribution in [3.63, 3.8) is 0 Å². The van der Waals surface area contributed by atoms with Crippen molar-refractivity contribution in [2.45, 2.75) is 105 Å². The van der Waals surface area contributed by atoms with Crippen molar-refractivity contribution < 1.29 is 0 Å². The van der Waals surface area contributed by atoms with E-state index < -0.39 is 0 Å². The lowest BCUT2D eigenvalue weighted by Gasteiger charge is -2.20. The summed E-state index contributed by atoms with van der Waals surface area (Å²) in [5.41, 5.74) is 20.1. The molecule has 0 aliphatic heterocycles. The first-order valence-electron chi connectivity index (χ1n) is 30.8. The van der Waals surface area contributed by atoms with Crippen LogP contribution in [0.15, 0.2) is 206 Å². The van der Waals surface area contributed by atoms with E-state index in [1.165, 1.54) is 22.3 Å². The molecule has 0 unspecified atom stereocenters. The fraction of sp³-hybridized carbons (Fsp3) is 0.195. The van der Waals surface area contributed by atoms with Crippen molar-refractivity contribution in [3.05, 3.63) is 257 Å². The number of nitrogens with zero attached hydrogens (tertiary/aromatic N) is 8. The fourth-order valence-corrected chi connectivity index (χ4v) is 12.4. The summed E-state index contributed by atoms with van der Waals surface area (Å²) < 4.78 is 4.76. The van der Waals surface area contributed by atoms with Gasteiger partial charge in [0.15, 0.2) is 28.8 Å². The van der Waals surface area contributed by atoms with Crippen molar-refractivity contribution in [1.82, 2.24) is 24.1 Å². The first-order valence-corrected chi connectivity index (χ1v) is 30.8.